The summed E-state index contributed by atoms with van der Waals surface area (Å²) in [7, 11) is 0. The molecule has 10 nitrogen and oxygen atoms in total. The number of hydrogen-bond donors (Lipinski definition) is 3. The van der Waals surface area contributed by atoms with Crippen molar-refractivity contribution in [3.8, 4) is 0 Å². The standard InChI is InChI=1S/C11H16N6O4/c12-9(18)2-1-3-13-11(21)16-4-7(5-16)17-6-8(10(19)20)14-15-17/h6-7H,1-5H2,(H2,12,18)(H,13,21)(H,19,20). The molecule has 4 N–H and O–H groups in total. The smallest absolute Gasteiger partial charge is 0.358 e. The molecule has 1 fully saturated rings. The number of aromatic carboxylic acids is 1. The zero-order valence-corrected chi connectivity index (χ0v) is 11.2. The predicted octanol–water partition coefficient (Wildman–Crippen LogP) is -1.19. The van der Waals surface area contributed by atoms with Gasteiger partial charge in [0.25, 0.3) is 0 Å². The Bertz CT molecular complexity index is 551. The van der Waals surface area contributed by atoms with Gasteiger partial charge in [0.05, 0.1) is 12.2 Å². The van der Waals surface area contributed by atoms with Gasteiger partial charge in [-0.3, -0.25) is 4.79 Å². The summed E-state index contributed by atoms with van der Waals surface area (Å²) in [5.74, 6) is -1.53. The van der Waals surface area contributed by atoms with Crippen molar-refractivity contribution >= 4 is 17.9 Å². The van der Waals surface area contributed by atoms with E-state index in [1.807, 2.05) is 0 Å². The van der Waals surface area contributed by atoms with Gasteiger partial charge < -0.3 is 21.1 Å². The molecule has 1 aromatic heterocycles. The van der Waals surface area contributed by atoms with Crippen molar-refractivity contribution in [1.82, 2.24) is 25.2 Å². The Morgan fingerprint density at radius 2 is 2.14 bits per heavy atom. The monoisotopic (exact) mass is 296 g/mol. The Kier molecular flexibility index (Phi) is 4.36. The normalized spacial score (nSPS) is 14.6. The molecular formula is C11H16N6O4. The maximum atomic E-state index is 11.7. The van der Waals surface area contributed by atoms with Gasteiger partial charge in [0, 0.05) is 26.1 Å². The second-order valence-corrected chi connectivity index (χ2v) is 4.75. The number of hydrogen-bond acceptors (Lipinski definition) is 5. The Morgan fingerprint density at radius 1 is 1.43 bits per heavy atom. The first-order valence-electron chi connectivity index (χ1n) is 6.43. The number of nitrogens with one attached hydrogen (secondary N) is 1. The van der Waals surface area contributed by atoms with E-state index in [4.69, 9.17) is 10.8 Å². The molecule has 1 saturated heterocycles. The molecule has 0 spiro atoms. The minimum Gasteiger partial charge on any atom is -0.476 e. The van der Waals surface area contributed by atoms with Gasteiger partial charge in [-0.1, -0.05) is 5.21 Å². The number of urea groups is 1. The fourth-order valence-electron chi connectivity index (χ4n) is 1.91. The van der Waals surface area contributed by atoms with Gasteiger partial charge in [-0.25, -0.2) is 14.3 Å². The highest BCUT2D eigenvalue weighted by Gasteiger charge is 2.32. The van der Waals surface area contributed by atoms with Crippen LogP contribution in [0.3, 0.4) is 0 Å². The van der Waals surface area contributed by atoms with Crippen LogP contribution in [0.1, 0.15) is 29.4 Å². The Morgan fingerprint density at radius 3 is 2.71 bits per heavy atom. The van der Waals surface area contributed by atoms with E-state index in [9.17, 15) is 14.4 Å². The third-order valence-electron chi connectivity index (χ3n) is 3.13. The van der Waals surface area contributed by atoms with Crippen LogP contribution in [-0.2, 0) is 4.79 Å². The summed E-state index contributed by atoms with van der Waals surface area (Å²) < 4.78 is 1.44. The Labute approximate surface area is 119 Å². The minimum atomic E-state index is -1.13. The van der Waals surface area contributed by atoms with Crippen molar-refractivity contribution < 1.29 is 19.5 Å². The van der Waals surface area contributed by atoms with E-state index >= 15 is 0 Å². The first kappa shape index (κ1) is 14.8. The van der Waals surface area contributed by atoms with E-state index in [1.165, 1.54) is 10.9 Å². The Balaban J connectivity index is 1.71. The fraction of sp³-hybridized carbons (Fsp3) is 0.545. The average molecular weight is 296 g/mol. The van der Waals surface area contributed by atoms with Gasteiger partial charge in [-0.05, 0) is 6.42 Å². The SMILES string of the molecule is NC(=O)CCCNC(=O)N1CC(n2cc(C(=O)O)nn2)C1. The lowest BCUT2D eigenvalue weighted by molar-refractivity contribution is -0.118. The van der Waals surface area contributed by atoms with Gasteiger partial charge in [0.1, 0.15) is 0 Å². The molecule has 21 heavy (non-hydrogen) atoms. The van der Waals surface area contributed by atoms with Crippen LogP contribution in [-0.4, -0.2) is 62.5 Å². The number of likely N-dealkylation sites (tertiary alicyclic amines) is 1. The molecule has 0 aliphatic carbocycles. The third kappa shape index (κ3) is 3.68. The summed E-state index contributed by atoms with van der Waals surface area (Å²) in [6.07, 6.45) is 2.08. The fourth-order valence-corrected chi connectivity index (χ4v) is 1.91. The third-order valence-corrected chi connectivity index (χ3v) is 3.13. The zero-order chi connectivity index (χ0) is 15.4. The highest BCUT2D eigenvalue weighted by atomic mass is 16.4. The van der Waals surface area contributed by atoms with Gasteiger partial charge in [-0.2, -0.15) is 0 Å². The number of rotatable bonds is 6. The Hall–Kier alpha value is -2.65. The van der Waals surface area contributed by atoms with E-state index in [1.54, 1.807) is 4.90 Å². The predicted molar refractivity (Wildman–Crippen MR) is 69.4 cm³/mol. The molecule has 2 heterocycles. The topological polar surface area (TPSA) is 143 Å². The molecule has 1 aliphatic heterocycles. The van der Waals surface area contributed by atoms with Crippen molar-refractivity contribution in [1.29, 1.82) is 0 Å². The van der Waals surface area contributed by atoms with Gasteiger partial charge in [-0.15, -0.1) is 5.10 Å². The first-order chi connectivity index (χ1) is 9.97. The number of nitrogens with two attached hydrogens (primary N) is 1. The second-order valence-electron chi connectivity index (χ2n) is 4.75. The van der Waals surface area contributed by atoms with E-state index in [2.05, 4.69) is 15.6 Å². The van der Waals surface area contributed by atoms with Crippen LogP contribution in [0, 0.1) is 0 Å². The van der Waals surface area contributed by atoms with Gasteiger partial charge in [0.15, 0.2) is 5.69 Å². The molecule has 0 atom stereocenters. The van der Waals surface area contributed by atoms with Gasteiger partial charge in [0.2, 0.25) is 5.91 Å². The van der Waals surface area contributed by atoms with E-state index in [0.29, 0.717) is 26.1 Å². The van der Waals surface area contributed by atoms with Gasteiger partial charge >= 0.3 is 12.0 Å². The van der Waals surface area contributed by atoms with E-state index in [0.717, 1.165) is 0 Å². The number of carbonyl (C=O) groups excluding carboxylic acids is 2. The lowest BCUT2D eigenvalue weighted by Crippen LogP contribution is -2.54. The zero-order valence-electron chi connectivity index (χ0n) is 11.2. The van der Waals surface area contributed by atoms with Crippen molar-refractivity contribution in [3.05, 3.63) is 11.9 Å². The molecular weight excluding hydrogens is 280 g/mol. The highest BCUT2D eigenvalue weighted by Crippen LogP contribution is 2.20. The highest BCUT2D eigenvalue weighted by molar-refractivity contribution is 5.84. The van der Waals surface area contributed by atoms with Crippen LogP contribution in [0.2, 0.25) is 0 Å². The van der Waals surface area contributed by atoms with Crippen molar-refractivity contribution in [2.45, 2.75) is 18.9 Å². The number of carboxylic acids is 1. The van der Waals surface area contributed by atoms with E-state index < -0.39 is 11.9 Å². The largest absolute Gasteiger partial charge is 0.476 e. The molecule has 0 bridgehead atoms. The summed E-state index contributed by atoms with van der Waals surface area (Å²) in [5.41, 5.74) is 4.87. The maximum absolute atomic E-state index is 11.7. The molecule has 114 valence electrons. The molecule has 0 unspecified atom stereocenters. The maximum Gasteiger partial charge on any atom is 0.358 e. The average Bonchev–Trinajstić information content (AvgIpc) is 2.82. The molecule has 0 saturated carbocycles. The van der Waals surface area contributed by atoms with Crippen LogP contribution in [0.4, 0.5) is 4.79 Å². The first-order valence-corrected chi connectivity index (χ1v) is 6.43. The van der Waals surface area contributed by atoms with Crippen LogP contribution in [0.5, 0.6) is 0 Å². The number of primary amides is 1. The number of carbonyl (C=O) groups is 3. The number of nitrogens with zero attached hydrogens (tertiary/aromatic N) is 4. The molecule has 0 aromatic carbocycles. The lowest BCUT2D eigenvalue weighted by Gasteiger charge is -2.38. The molecule has 2 rings (SSSR count). The summed E-state index contributed by atoms with van der Waals surface area (Å²) in [5, 5.41) is 18.7. The number of carboxylic acid groups (broad SMARTS) is 1. The van der Waals surface area contributed by atoms with Crippen molar-refractivity contribution in [2.24, 2.45) is 5.73 Å². The number of aromatic nitrogens is 3. The minimum absolute atomic E-state index is 0.0676. The number of amides is 3. The summed E-state index contributed by atoms with van der Waals surface area (Å²) in [4.78, 5) is 34.5. The van der Waals surface area contributed by atoms with Crippen molar-refractivity contribution in [2.75, 3.05) is 19.6 Å². The summed E-state index contributed by atoms with van der Waals surface area (Å²) in [6, 6.07) is -0.295. The van der Waals surface area contributed by atoms with E-state index in [-0.39, 0.29) is 24.2 Å². The quantitative estimate of drug-likeness (QED) is 0.563. The van der Waals surface area contributed by atoms with Crippen LogP contribution < -0.4 is 11.1 Å². The molecule has 3 amide bonds. The van der Waals surface area contributed by atoms with Crippen molar-refractivity contribution in [3.63, 3.8) is 0 Å². The van der Waals surface area contributed by atoms with Crippen LogP contribution in [0.25, 0.3) is 0 Å². The van der Waals surface area contributed by atoms with Crippen LogP contribution >= 0.6 is 0 Å². The van der Waals surface area contributed by atoms with Crippen LogP contribution in [0.15, 0.2) is 6.20 Å². The molecule has 1 aromatic rings. The molecule has 1 aliphatic rings. The lowest BCUT2D eigenvalue weighted by atomic mass is 10.1. The molecule has 10 heteroatoms. The molecule has 0 radical (unpaired) electrons. The summed E-state index contributed by atoms with van der Waals surface area (Å²) in [6.45, 7) is 1.25. The second kappa shape index (κ2) is 6.20. The summed E-state index contributed by atoms with van der Waals surface area (Å²) >= 11 is 0.